The fraction of sp³-hybridized carbons (Fsp3) is 0.182. The lowest BCUT2D eigenvalue weighted by atomic mass is 10.3. The minimum atomic E-state index is 0.446. The molecule has 0 bridgehead atoms. The quantitative estimate of drug-likeness (QED) is 0.717. The van der Waals surface area contributed by atoms with Crippen LogP contribution >= 0.6 is 0 Å². The van der Waals surface area contributed by atoms with E-state index in [1.54, 1.807) is 12.4 Å². The normalized spacial score (nSPS) is 11.1. The first kappa shape index (κ1) is 9.83. The van der Waals surface area contributed by atoms with Gasteiger partial charge in [-0.25, -0.2) is 4.98 Å². The molecule has 2 N–H and O–H groups in total. The summed E-state index contributed by atoms with van der Waals surface area (Å²) in [4.78, 5) is 8.24. The van der Waals surface area contributed by atoms with E-state index in [9.17, 15) is 0 Å². The van der Waals surface area contributed by atoms with Crippen molar-refractivity contribution in [2.45, 2.75) is 13.5 Å². The van der Waals surface area contributed by atoms with Crippen LogP contribution in [0.25, 0.3) is 11.0 Å². The molecule has 0 aromatic carbocycles. The number of hydrogen-bond acceptors (Lipinski definition) is 5. The monoisotopic (exact) mass is 229 g/mol. The van der Waals surface area contributed by atoms with Gasteiger partial charge in [-0.3, -0.25) is 4.98 Å². The molecule has 0 saturated heterocycles. The van der Waals surface area contributed by atoms with Gasteiger partial charge in [0, 0.05) is 12.3 Å². The van der Waals surface area contributed by atoms with Gasteiger partial charge in [-0.1, -0.05) is 5.16 Å². The maximum Gasteiger partial charge on any atom is 0.201 e. The average Bonchev–Trinajstić information content (AvgIpc) is 2.85. The van der Waals surface area contributed by atoms with E-state index in [1.807, 2.05) is 23.6 Å². The molecular formula is C11H11N5O. The number of nitrogen functional groups attached to an aromatic ring is 1. The Morgan fingerprint density at radius 2 is 2.35 bits per heavy atom. The van der Waals surface area contributed by atoms with Crippen molar-refractivity contribution in [3.8, 4) is 0 Å². The summed E-state index contributed by atoms with van der Waals surface area (Å²) in [7, 11) is 0. The fourth-order valence-electron chi connectivity index (χ4n) is 1.81. The predicted octanol–water partition coefficient (Wildman–Crippen LogP) is 1.36. The van der Waals surface area contributed by atoms with Crippen molar-refractivity contribution >= 4 is 17.0 Å². The zero-order chi connectivity index (χ0) is 11.8. The summed E-state index contributed by atoms with van der Waals surface area (Å²) >= 11 is 0. The highest BCUT2D eigenvalue weighted by Gasteiger charge is 2.10. The number of nitrogens with zero attached hydrogens (tertiary/aromatic N) is 4. The number of hydrogen-bond donors (Lipinski definition) is 1. The molecule has 17 heavy (non-hydrogen) atoms. The summed E-state index contributed by atoms with van der Waals surface area (Å²) in [6, 6.07) is 3.76. The molecule has 0 aliphatic rings. The lowest BCUT2D eigenvalue weighted by molar-refractivity contribution is 0.374. The number of aryl methyl sites for hydroxylation is 1. The van der Waals surface area contributed by atoms with Crippen molar-refractivity contribution in [3.05, 3.63) is 36.0 Å². The SMILES string of the molecule is Cc1cc(Cn2c(N)nc3cnccc32)on1. The third-order valence-electron chi connectivity index (χ3n) is 2.57. The van der Waals surface area contributed by atoms with E-state index in [1.165, 1.54) is 0 Å². The lowest BCUT2D eigenvalue weighted by Crippen LogP contribution is -2.03. The number of fused-ring (bicyclic) bond motifs is 1. The third-order valence-corrected chi connectivity index (χ3v) is 2.57. The average molecular weight is 229 g/mol. The lowest BCUT2D eigenvalue weighted by Gasteiger charge is -2.02. The highest BCUT2D eigenvalue weighted by Crippen LogP contribution is 2.18. The molecule has 0 saturated carbocycles. The molecule has 3 heterocycles. The van der Waals surface area contributed by atoms with E-state index < -0.39 is 0 Å². The summed E-state index contributed by atoms with van der Waals surface area (Å²) in [5.41, 5.74) is 8.44. The number of nitrogens with two attached hydrogens (primary N) is 1. The van der Waals surface area contributed by atoms with E-state index in [4.69, 9.17) is 10.3 Å². The van der Waals surface area contributed by atoms with Gasteiger partial charge >= 0.3 is 0 Å². The number of rotatable bonds is 2. The molecule has 0 amide bonds. The third kappa shape index (κ3) is 1.63. The molecule has 0 aliphatic carbocycles. The molecule has 0 aliphatic heterocycles. The molecule has 0 fully saturated rings. The van der Waals surface area contributed by atoms with Crippen LogP contribution < -0.4 is 5.73 Å². The molecule has 3 aromatic rings. The molecule has 6 nitrogen and oxygen atoms in total. The second kappa shape index (κ2) is 3.58. The van der Waals surface area contributed by atoms with Gasteiger partial charge in [-0.2, -0.15) is 0 Å². The molecule has 0 atom stereocenters. The van der Waals surface area contributed by atoms with Crippen LogP contribution in [-0.4, -0.2) is 19.7 Å². The van der Waals surface area contributed by atoms with E-state index in [-0.39, 0.29) is 0 Å². The molecule has 0 unspecified atom stereocenters. The van der Waals surface area contributed by atoms with Crippen LogP contribution in [0.5, 0.6) is 0 Å². The van der Waals surface area contributed by atoms with E-state index in [0.717, 1.165) is 22.5 Å². The van der Waals surface area contributed by atoms with Crippen molar-refractivity contribution in [2.75, 3.05) is 5.73 Å². The second-order valence-corrected chi connectivity index (χ2v) is 3.86. The topological polar surface area (TPSA) is 82.8 Å². The van der Waals surface area contributed by atoms with Crippen LogP contribution in [-0.2, 0) is 6.54 Å². The maximum atomic E-state index is 5.87. The Labute approximate surface area is 97.1 Å². The molecule has 86 valence electrons. The predicted molar refractivity (Wildman–Crippen MR) is 62.3 cm³/mol. The van der Waals surface area contributed by atoms with Crippen molar-refractivity contribution in [3.63, 3.8) is 0 Å². The maximum absolute atomic E-state index is 5.87. The largest absolute Gasteiger partial charge is 0.369 e. The van der Waals surface area contributed by atoms with Crippen molar-refractivity contribution in [1.29, 1.82) is 0 Å². The first-order chi connectivity index (χ1) is 8.24. The van der Waals surface area contributed by atoms with Gasteiger partial charge in [0.25, 0.3) is 0 Å². The standard InChI is InChI=1S/C11H11N5O/c1-7-4-8(17-15-7)6-16-10-2-3-13-5-9(10)14-11(16)12/h2-5H,6H2,1H3,(H2,12,14). The zero-order valence-corrected chi connectivity index (χ0v) is 9.29. The van der Waals surface area contributed by atoms with Crippen LogP contribution in [0.4, 0.5) is 5.95 Å². The van der Waals surface area contributed by atoms with Crippen LogP contribution in [0.2, 0.25) is 0 Å². The van der Waals surface area contributed by atoms with Crippen LogP contribution in [0, 0.1) is 6.92 Å². The number of anilines is 1. The summed E-state index contributed by atoms with van der Waals surface area (Å²) in [5.74, 6) is 1.20. The van der Waals surface area contributed by atoms with Gasteiger partial charge in [0.15, 0.2) is 5.76 Å². The first-order valence-corrected chi connectivity index (χ1v) is 5.22. The van der Waals surface area contributed by atoms with Gasteiger partial charge in [0.05, 0.1) is 24.0 Å². The highest BCUT2D eigenvalue weighted by molar-refractivity contribution is 5.77. The van der Waals surface area contributed by atoms with E-state index >= 15 is 0 Å². The summed E-state index contributed by atoms with van der Waals surface area (Å²) in [5, 5.41) is 3.84. The van der Waals surface area contributed by atoms with Gasteiger partial charge in [0.2, 0.25) is 5.95 Å². The highest BCUT2D eigenvalue weighted by atomic mass is 16.5. The summed E-state index contributed by atoms with van der Waals surface area (Å²) in [6.45, 7) is 2.40. The van der Waals surface area contributed by atoms with Crippen LogP contribution in [0.3, 0.4) is 0 Å². The molecule has 6 heteroatoms. The van der Waals surface area contributed by atoms with Crippen molar-refractivity contribution < 1.29 is 4.52 Å². The van der Waals surface area contributed by atoms with Gasteiger partial charge in [-0.05, 0) is 13.0 Å². The van der Waals surface area contributed by atoms with E-state index in [0.29, 0.717) is 12.5 Å². The van der Waals surface area contributed by atoms with Crippen molar-refractivity contribution in [2.24, 2.45) is 0 Å². The molecular weight excluding hydrogens is 218 g/mol. The Morgan fingerprint density at radius 3 is 3.12 bits per heavy atom. The number of pyridine rings is 1. The first-order valence-electron chi connectivity index (χ1n) is 5.22. The summed E-state index contributed by atoms with van der Waals surface area (Å²) in [6.07, 6.45) is 3.40. The van der Waals surface area contributed by atoms with Gasteiger partial charge in [0.1, 0.15) is 5.52 Å². The Hall–Kier alpha value is -2.37. The fourth-order valence-corrected chi connectivity index (χ4v) is 1.81. The molecule has 0 spiro atoms. The Kier molecular flexibility index (Phi) is 2.07. The van der Waals surface area contributed by atoms with Crippen LogP contribution in [0.1, 0.15) is 11.5 Å². The molecule has 3 aromatic heterocycles. The molecule has 3 rings (SSSR count). The minimum Gasteiger partial charge on any atom is -0.369 e. The Bertz CT molecular complexity index is 669. The van der Waals surface area contributed by atoms with Crippen LogP contribution in [0.15, 0.2) is 29.0 Å². The van der Waals surface area contributed by atoms with E-state index in [2.05, 4.69) is 15.1 Å². The number of aromatic nitrogens is 4. The zero-order valence-electron chi connectivity index (χ0n) is 9.29. The minimum absolute atomic E-state index is 0.446. The Morgan fingerprint density at radius 1 is 1.47 bits per heavy atom. The summed E-state index contributed by atoms with van der Waals surface area (Å²) < 4.78 is 7.04. The van der Waals surface area contributed by atoms with Gasteiger partial charge in [-0.15, -0.1) is 0 Å². The Balaban J connectivity index is 2.08. The second-order valence-electron chi connectivity index (χ2n) is 3.86. The smallest absolute Gasteiger partial charge is 0.201 e. The molecule has 0 radical (unpaired) electrons. The van der Waals surface area contributed by atoms with Crippen molar-refractivity contribution in [1.82, 2.24) is 19.7 Å². The van der Waals surface area contributed by atoms with Gasteiger partial charge < -0.3 is 14.8 Å². The number of imidazole rings is 1.